The van der Waals surface area contributed by atoms with Crippen molar-refractivity contribution in [1.82, 2.24) is 10.4 Å². The van der Waals surface area contributed by atoms with E-state index in [1.165, 1.54) is 26.3 Å². The van der Waals surface area contributed by atoms with Gasteiger partial charge in [-0.2, -0.15) is 0 Å². The van der Waals surface area contributed by atoms with Gasteiger partial charge in [-0.1, -0.05) is 23.7 Å². The molecule has 0 heterocycles. The van der Waals surface area contributed by atoms with Gasteiger partial charge in [0.05, 0.1) is 12.1 Å². The van der Waals surface area contributed by atoms with Crippen molar-refractivity contribution in [3.05, 3.63) is 34.6 Å². The molecule has 1 atom stereocenters. The molecule has 1 unspecified atom stereocenters. The second-order valence-corrected chi connectivity index (χ2v) is 6.54. The summed E-state index contributed by atoms with van der Waals surface area (Å²) in [5.74, 6) is -1.19. The Labute approximate surface area is 145 Å². The minimum Gasteiger partial charge on any atom is -0.444 e. The van der Waals surface area contributed by atoms with Crippen LogP contribution in [0.5, 0.6) is 0 Å². The molecular formula is C16H22ClFN2O4. The molecule has 8 heteroatoms. The van der Waals surface area contributed by atoms with Crippen LogP contribution in [-0.2, 0) is 20.8 Å². The Morgan fingerprint density at radius 2 is 2.00 bits per heavy atom. The van der Waals surface area contributed by atoms with E-state index in [1.54, 1.807) is 26.8 Å². The summed E-state index contributed by atoms with van der Waals surface area (Å²) in [6.07, 6.45) is -0.883. The first kappa shape index (κ1) is 20.2. The highest BCUT2D eigenvalue weighted by molar-refractivity contribution is 6.30. The molecular weight excluding hydrogens is 339 g/mol. The number of hydrogen-bond acceptors (Lipinski definition) is 4. The predicted octanol–water partition coefficient (Wildman–Crippen LogP) is 2.93. The summed E-state index contributed by atoms with van der Waals surface area (Å²) in [5, 5.41) is 3.33. The van der Waals surface area contributed by atoms with E-state index in [0.717, 1.165) is 5.06 Å². The van der Waals surface area contributed by atoms with Gasteiger partial charge in [-0.15, -0.1) is 0 Å². The van der Waals surface area contributed by atoms with Gasteiger partial charge in [-0.25, -0.2) is 14.2 Å². The van der Waals surface area contributed by atoms with Crippen LogP contribution in [0, 0.1) is 5.82 Å². The van der Waals surface area contributed by atoms with Gasteiger partial charge in [0.2, 0.25) is 0 Å². The molecule has 0 fully saturated rings. The van der Waals surface area contributed by atoms with Crippen molar-refractivity contribution >= 4 is 23.6 Å². The Bertz CT molecular complexity index is 604. The Balaban J connectivity index is 2.99. The zero-order chi connectivity index (χ0) is 18.5. The Morgan fingerprint density at radius 1 is 1.38 bits per heavy atom. The summed E-state index contributed by atoms with van der Waals surface area (Å²) in [6, 6.07) is 3.39. The first-order valence-electron chi connectivity index (χ1n) is 7.29. The monoisotopic (exact) mass is 360 g/mol. The fourth-order valence-corrected chi connectivity index (χ4v) is 2.08. The summed E-state index contributed by atoms with van der Waals surface area (Å²) in [4.78, 5) is 29.2. The van der Waals surface area contributed by atoms with Gasteiger partial charge in [0, 0.05) is 13.5 Å². The fraction of sp³-hybridized carbons (Fsp3) is 0.500. The maximum Gasteiger partial charge on any atom is 0.408 e. The molecule has 134 valence electrons. The molecule has 0 aliphatic rings. The highest BCUT2D eigenvalue weighted by atomic mass is 35.5. The van der Waals surface area contributed by atoms with Crippen LogP contribution in [0.15, 0.2) is 18.2 Å². The third kappa shape index (κ3) is 5.98. The van der Waals surface area contributed by atoms with E-state index in [2.05, 4.69) is 5.32 Å². The molecule has 1 rings (SSSR count). The maximum absolute atomic E-state index is 14.1. The zero-order valence-corrected chi connectivity index (χ0v) is 15.1. The number of rotatable bonds is 5. The number of carbonyl (C=O) groups is 2. The van der Waals surface area contributed by atoms with Crippen LogP contribution in [0.4, 0.5) is 9.18 Å². The van der Waals surface area contributed by atoms with Crippen molar-refractivity contribution < 1.29 is 23.6 Å². The van der Waals surface area contributed by atoms with Gasteiger partial charge >= 0.3 is 6.09 Å². The molecule has 6 nitrogen and oxygen atoms in total. The summed E-state index contributed by atoms with van der Waals surface area (Å²) >= 11 is 5.75. The molecule has 1 aromatic carbocycles. The number of benzene rings is 1. The Kier molecular flexibility index (Phi) is 6.98. The number of likely N-dealkylation sites (N-methyl/N-ethyl adjacent to an activating group) is 1. The molecule has 0 aliphatic carbocycles. The van der Waals surface area contributed by atoms with E-state index in [0.29, 0.717) is 0 Å². The van der Waals surface area contributed by atoms with Gasteiger partial charge in [0.15, 0.2) is 0 Å². The van der Waals surface area contributed by atoms with Gasteiger partial charge in [-0.05, 0) is 32.4 Å². The number of nitrogens with one attached hydrogen (secondary N) is 1. The number of hydrogen-bond donors (Lipinski definition) is 1. The smallest absolute Gasteiger partial charge is 0.408 e. The lowest BCUT2D eigenvalue weighted by molar-refractivity contribution is -0.171. The van der Waals surface area contributed by atoms with Crippen LogP contribution in [0.2, 0.25) is 5.02 Å². The number of carbonyl (C=O) groups excluding carboxylic acids is 2. The first-order valence-corrected chi connectivity index (χ1v) is 7.67. The minimum atomic E-state index is -1.07. The molecule has 0 saturated carbocycles. The van der Waals surface area contributed by atoms with Crippen molar-refractivity contribution in [2.45, 2.75) is 38.8 Å². The summed E-state index contributed by atoms with van der Waals surface area (Å²) in [5.41, 5.74) is -0.534. The lowest BCUT2D eigenvalue weighted by Crippen LogP contribution is -2.49. The number of halogens is 2. The topological polar surface area (TPSA) is 67.9 Å². The number of hydroxylamine groups is 2. The van der Waals surface area contributed by atoms with Crippen LogP contribution < -0.4 is 5.32 Å². The lowest BCUT2D eigenvalue weighted by Gasteiger charge is -2.25. The second kappa shape index (κ2) is 8.30. The molecule has 0 aromatic heterocycles. The van der Waals surface area contributed by atoms with E-state index in [4.69, 9.17) is 21.2 Å². The quantitative estimate of drug-likeness (QED) is 0.820. The molecule has 1 N–H and O–H groups in total. The van der Waals surface area contributed by atoms with Gasteiger partial charge in [0.1, 0.15) is 17.5 Å². The van der Waals surface area contributed by atoms with Gasteiger partial charge in [-0.3, -0.25) is 9.63 Å². The summed E-state index contributed by atoms with van der Waals surface area (Å²) in [6.45, 7) is 5.09. The standard InChI is InChI=1S/C16H22ClFN2O4/c1-16(2,3)24-15(22)19-12(14(21)20(4)23-5)9-10-7-6-8-11(17)13(10)18/h6-8,12H,9H2,1-5H3,(H,19,22). The predicted molar refractivity (Wildman–Crippen MR) is 88.1 cm³/mol. The largest absolute Gasteiger partial charge is 0.444 e. The number of amides is 2. The number of alkyl carbamates (subject to hydrolysis) is 1. The molecule has 0 saturated heterocycles. The average Bonchev–Trinajstić information content (AvgIpc) is 2.47. The minimum absolute atomic E-state index is 0.0592. The second-order valence-electron chi connectivity index (χ2n) is 6.13. The van der Waals surface area contributed by atoms with Crippen molar-refractivity contribution in [2.75, 3.05) is 14.2 Å². The highest BCUT2D eigenvalue weighted by Gasteiger charge is 2.28. The van der Waals surface area contributed by atoms with E-state index < -0.39 is 29.5 Å². The van der Waals surface area contributed by atoms with E-state index in [1.807, 2.05) is 0 Å². The van der Waals surface area contributed by atoms with Crippen molar-refractivity contribution in [2.24, 2.45) is 0 Å². The lowest BCUT2D eigenvalue weighted by atomic mass is 10.0. The van der Waals surface area contributed by atoms with E-state index >= 15 is 0 Å². The van der Waals surface area contributed by atoms with Gasteiger partial charge in [0.25, 0.3) is 5.91 Å². The van der Waals surface area contributed by atoms with Crippen LogP contribution in [0.3, 0.4) is 0 Å². The normalized spacial score (nSPS) is 12.5. The molecule has 0 aliphatic heterocycles. The molecule has 0 spiro atoms. The van der Waals surface area contributed by atoms with Crippen LogP contribution in [0.1, 0.15) is 26.3 Å². The van der Waals surface area contributed by atoms with Crippen molar-refractivity contribution in [3.8, 4) is 0 Å². The van der Waals surface area contributed by atoms with Crippen LogP contribution >= 0.6 is 11.6 Å². The highest BCUT2D eigenvalue weighted by Crippen LogP contribution is 2.19. The number of nitrogens with zero attached hydrogens (tertiary/aromatic N) is 1. The molecule has 0 bridgehead atoms. The maximum atomic E-state index is 14.1. The molecule has 1 aromatic rings. The first-order chi connectivity index (χ1) is 11.0. The average molecular weight is 361 g/mol. The van der Waals surface area contributed by atoms with Crippen molar-refractivity contribution in [1.29, 1.82) is 0 Å². The molecule has 24 heavy (non-hydrogen) atoms. The third-order valence-corrected chi connectivity index (χ3v) is 3.32. The SMILES string of the molecule is CON(C)C(=O)C(Cc1cccc(Cl)c1F)NC(=O)OC(C)(C)C. The van der Waals surface area contributed by atoms with Crippen molar-refractivity contribution in [3.63, 3.8) is 0 Å². The van der Waals surface area contributed by atoms with Crippen LogP contribution in [-0.4, -0.2) is 42.9 Å². The summed E-state index contributed by atoms with van der Waals surface area (Å²) < 4.78 is 19.2. The third-order valence-electron chi connectivity index (χ3n) is 3.03. The Hall–Kier alpha value is -1.86. The van der Waals surface area contributed by atoms with E-state index in [-0.39, 0.29) is 17.0 Å². The van der Waals surface area contributed by atoms with Crippen LogP contribution in [0.25, 0.3) is 0 Å². The van der Waals surface area contributed by atoms with Gasteiger partial charge < -0.3 is 10.1 Å². The number of ether oxygens (including phenoxy) is 1. The van der Waals surface area contributed by atoms with E-state index in [9.17, 15) is 14.0 Å². The molecule has 2 amide bonds. The zero-order valence-electron chi connectivity index (χ0n) is 14.4. The summed E-state index contributed by atoms with van der Waals surface area (Å²) in [7, 11) is 2.70. The fourth-order valence-electron chi connectivity index (χ4n) is 1.89. The Morgan fingerprint density at radius 3 is 2.54 bits per heavy atom. The molecule has 0 radical (unpaired) electrons.